The Morgan fingerprint density at radius 2 is 1.79 bits per heavy atom. The van der Waals surface area contributed by atoms with E-state index in [0.717, 1.165) is 56.2 Å². The molecule has 2 saturated heterocycles. The molecule has 2 aliphatic heterocycles. The molecule has 3 rings (SSSR count). The molecule has 0 spiro atoms. The molecule has 6 nitrogen and oxygen atoms in total. The monoisotopic (exact) mass is 464 g/mol. The van der Waals surface area contributed by atoms with Crippen molar-refractivity contribution in [3.8, 4) is 0 Å². The third-order valence-electron chi connectivity index (χ3n) is 5.48. The SMILES string of the molecule is Cl.Cl.O=C(CCC1CCNCC1)NCC(=O)N1CCN(c2cccc(Cl)c2)CC1. The molecule has 0 bridgehead atoms. The van der Waals surface area contributed by atoms with Crippen molar-refractivity contribution < 1.29 is 9.59 Å². The Hall–Kier alpha value is -1.21. The number of nitrogens with zero attached hydrogens (tertiary/aromatic N) is 2. The Bertz CT molecular complexity index is 648. The van der Waals surface area contributed by atoms with Crippen LogP contribution in [0.1, 0.15) is 25.7 Å². The van der Waals surface area contributed by atoms with Crippen molar-refractivity contribution >= 4 is 53.9 Å². The second kappa shape index (κ2) is 13.2. The van der Waals surface area contributed by atoms with Gasteiger partial charge >= 0.3 is 0 Å². The van der Waals surface area contributed by atoms with Gasteiger partial charge in [0.1, 0.15) is 0 Å². The Labute approximate surface area is 190 Å². The summed E-state index contributed by atoms with van der Waals surface area (Å²) in [6.45, 7) is 5.07. The number of anilines is 1. The molecule has 9 heteroatoms. The van der Waals surface area contributed by atoms with Crippen LogP contribution in [0, 0.1) is 5.92 Å². The zero-order chi connectivity index (χ0) is 19.1. The number of carbonyl (C=O) groups excluding carboxylic acids is 2. The number of halogens is 3. The first-order valence-electron chi connectivity index (χ1n) is 9.87. The Balaban J connectivity index is 0.00000210. The minimum absolute atomic E-state index is 0. The lowest BCUT2D eigenvalue weighted by molar-refractivity contribution is -0.133. The topological polar surface area (TPSA) is 64.7 Å². The highest BCUT2D eigenvalue weighted by Gasteiger charge is 2.22. The van der Waals surface area contributed by atoms with Crippen LogP contribution in [0.2, 0.25) is 5.02 Å². The van der Waals surface area contributed by atoms with Crippen LogP contribution in [0.5, 0.6) is 0 Å². The van der Waals surface area contributed by atoms with E-state index in [1.165, 1.54) is 0 Å². The predicted molar refractivity (Wildman–Crippen MR) is 123 cm³/mol. The van der Waals surface area contributed by atoms with E-state index >= 15 is 0 Å². The highest BCUT2D eigenvalue weighted by molar-refractivity contribution is 6.30. The van der Waals surface area contributed by atoms with Gasteiger partial charge in [-0.15, -0.1) is 24.8 Å². The van der Waals surface area contributed by atoms with Crippen molar-refractivity contribution in [2.24, 2.45) is 5.92 Å². The van der Waals surface area contributed by atoms with Crippen molar-refractivity contribution in [2.75, 3.05) is 50.7 Å². The number of piperazine rings is 1. The molecule has 0 saturated carbocycles. The fourth-order valence-electron chi connectivity index (χ4n) is 3.77. The van der Waals surface area contributed by atoms with Crippen LogP contribution >= 0.6 is 36.4 Å². The van der Waals surface area contributed by atoms with E-state index in [-0.39, 0.29) is 43.2 Å². The summed E-state index contributed by atoms with van der Waals surface area (Å²) in [4.78, 5) is 28.4. The maximum absolute atomic E-state index is 12.4. The molecule has 2 aliphatic rings. The van der Waals surface area contributed by atoms with E-state index in [1.807, 2.05) is 29.2 Å². The van der Waals surface area contributed by atoms with Gasteiger partial charge in [-0.1, -0.05) is 17.7 Å². The van der Waals surface area contributed by atoms with E-state index in [2.05, 4.69) is 15.5 Å². The van der Waals surface area contributed by atoms with Gasteiger partial charge in [0.2, 0.25) is 11.8 Å². The minimum atomic E-state index is -0.0144. The molecule has 1 aromatic carbocycles. The van der Waals surface area contributed by atoms with Crippen molar-refractivity contribution in [1.82, 2.24) is 15.5 Å². The lowest BCUT2D eigenvalue weighted by atomic mass is 9.93. The van der Waals surface area contributed by atoms with E-state index in [4.69, 9.17) is 11.6 Å². The number of piperidine rings is 1. The minimum Gasteiger partial charge on any atom is -0.368 e. The normalized spacial score (nSPS) is 17.1. The highest BCUT2D eigenvalue weighted by Crippen LogP contribution is 2.21. The molecule has 0 aliphatic carbocycles. The molecule has 0 aromatic heterocycles. The number of hydrogen-bond donors (Lipinski definition) is 2. The lowest BCUT2D eigenvalue weighted by Crippen LogP contribution is -2.51. The van der Waals surface area contributed by atoms with Crippen LogP contribution in [0.15, 0.2) is 24.3 Å². The molecule has 0 radical (unpaired) electrons. The molecule has 29 heavy (non-hydrogen) atoms. The van der Waals surface area contributed by atoms with Gasteiger partial charge in [-0.05, 0) is 56.5 Å². The van der Waals surface area contributed by atoms with E-state index in [1.54, 1.807) is 0 Å². The van der Waals surface area contributed by atoms with Gasteiger partial charge < -0.3 is 20.4 Å². The number of carbonyl (C=O) groups is 2. The summed E-state index contributed by atoms with van der Waals surface area (Å²) >= 11 is 6.05. The Morgan fingerprint density at radius 1 is 1.10 bits per heavy atom. The zero-order valence-electron chi connectivity index (χ0n) is 16.6. The van der Waals surface area contributed by atoms with Crippen molar-refractivity contribution in [3.63, 3.8) is 0 Å². The summed E-state index contributed by atoms with van der Waals surface area (Å²) in [7, 11) is 0. The summed E-state index contributed by atoms with van der Waals surface area (Å²) in [5.41, 5.74) is 1.08. The fourth-order valence-corrected chi connectivity index (χ4v) is 3.95. The standard InChI is InChI=1S/C20H29ClN4O2.2ClH/c21-17-2-1-3-18(14-17)24-10-12-25(13-11-24)20(27)15-23-19(26)5-4-16-6-8-22-9-7-16;;/h1-3,14,16,22H,4-13,15H2,(H,23,26);2*1H. The van der Waals surface area contributed by atoms with E-state index < -0.39 is 0 Å². The quantitative estimate of drug-likeness (QED) is 0.678. The van der Waals surface area contributed by atoms with E-state index in [9.17, 15) is 9.59 Å². The molecule has 1 aromatic rings. The number of benzene rings is 1. The fraction of sp³-hybridized carbons (Fsp3) is 0.600. The van der Waals surface area contributed by atoms with Gasteiger partial charge in [-0.3, -0.25) is 9.59 Å². The number of rotatable bonds is 6. The largest absolute Gasteiger partial charge is 0.368 e. The molecule has 164 valence electrons. The van der Waals surface area contributed by atoms with Crippen LogP contribution < -0.4 is 15.5 Å². The maximum atomic E-state index is 12.4. The highest BCUT2D eigenvalue weighted by atomic mass is 35.5. The van der Waals surface area contributed by atoms with Gasteiger partial charge in [0.15, 0.2) is 0 Å². The van der Waals surface area contributed by atoms with Crippen LogP contribution in [0.25, 0.3) is 0 Å². The van der Waals surface area contributed by atoms with Gasteiger partial charge in [0.05, 0.1) is 6.54 Å². The molecule has 2 amide bonds. The number of nitrogens with one attached hydrogen (secondary N) is 2. The summed E-state index contributed by atoms with van der Waals surface area (Å²) < 4.78 is 0. The van der Waals surface area contributed by atoms with Gasteiger partial charge in [-0.25, -0.2) is 0 Å². The summed E-state index contributed by atoms with van der Waals surface area (Å²) in [6, 6.07) is 7.78. The molecule has 0 atom stereocenters. The van der Waals surface area contributed by atoms with Crippen LogP contribution in [-0.4, -0.2) is 62.5 Å². The number of amides is 2. The molecular weight excluding hydrogens is 435 g/mol. The van der Waals surface area contributed by atoms with Gasteiger partial charge in [0.25, 0.3) is 0 Å². The van der Waals surface area contributed by atoms with Crippen LogP contribution in [0.4, 0.5) is 5.69 Å². The van der Waals surface area contributed by atoms with Crippen molar-refractivity contribution in [2.45, 2.75) is 25.7 Å². The first-order chi connectivity index (χ1) is 13.1. The van der Waals surface area contributed by atoms with Gasteiger partial charge in [0, 0.05) is 43.3 Å². The number of hydrogen-bond acceptors (Lipinski definition) is 4. The van der Waals surface area contributed by atoms with Crippen LogP contribution in [0.3, 0.4) is 0 Å². The average Bonchev–Trinajstić information content (AvgIpc) is 2.71. The Morgan fingerprint density at radius 3 is 2.45 bits per heavy atom. The summed E-state index contributed by atoms with van der Waals surface area (Å²) in [5.74, 6) is 0.614. The third kappa shape index (κ3) is 8.21. The lowest BCUT2D eigenvalue weighted by Gasteiger charge is -2.36. The Kier molecular flexibility index (Phi) is 11.7. The summed E-state index contributed by atoms with van der Waals surface area (Å²) in [6.07, 6.45) is 3.72. The predicted octanol–water partition coefficient (Wildman–Crippen LogP) is 2.73. The zero-order valence-corrected chi connectivity index (χ0v) is 19.0. The first kappa shape index (κ1) is 25.8. The molecule has 2 N–H and O–H groups in total. The molecule has 0 unspecified atom stereocenters. The average molecular weight is 466 g/mol. The second-order valence-electron chi connectivity index (χ2n) is 7.36. The molecule has 2 fully saturated rings. The van der Waals surface area contributed by atoms with Crippen molar-refractivity contribution in [1.29, 1.82) is 0 Å². The maximum Gasteiger partial charge on any atom is 0.242 e. The third-order valence-corrected chi connectivity index (χ3v) is 5.72. The summed E-state index contributed by atoms with van der Waals surface area (Å²) in [5, 5.41) is 6.85. The van der Waals surface area contributed by atoms with Crippen LogP contribution in [-0.2, 0) is 9.59 Å². The molecular formula is C20H31Cl3N4O2. The van der Waals surface area contributed by atoms with E-state index in [0.29, 0.717) is 25.4 Å². The first-order valence-corrected chi connectivity index (χ1v) is 10.3. The second-order valence-corrected chi connectivity index (χ2v) is 7.79. The molecule has 2 heterocycles. The smallest absolute Gasteiger partial charge is 0.242 e. The van der Waals surface area contributed by atoms with Crippen molar-refractivity contribution in [3.05, 3.63) is 29.3 Å². The van der Waals surface area contributed by atoms with Gasteiger partial charge in [-0.2, -0.15) is 0 Å².